The van der Waals surface area contributed by atoms with Crippen molar-refractivity contribution in [2.45, 2.75) is 6.54 Å². The minimum atomic E-state index is -0.141. The van der Waals surface area contributed by atoms with Crippen LogP contribution in [0.5, 0.6) is 0 Å². The number of carbonyl (C=O) groups is 1. The van der Waals surface area contributed by atoms with Gasteiger partial charge in [-0.1, -0.05) is 23.4 Å². The lowest BCUT2D eigenvalue weighted by Crippen LogP contribution is -2.49. The standard InChI is InChI=1S/C20H20N6O2/c27-20(23-19-15-3-1-2-4-18(15)28-24-19)26-9-7-25(8-10-26)12-14-5-6-16-17(11-14)22-13-21-16/h1-6,11,13H,7-10,12H2,(H,21,22)(H,23,24,27). The Morgan fingerprint density at radius 3 is 2.89 bits per heavy atom. The second kappa shape index (κ2) is 6.97. The van der Waals surface area contributed by atoms with Crippen molar-refractivity contribution in [3.8, 4) is 0 Å². The Labute approximate surface area is 161 Å². The van der Waals surface area contributed by atoms with Crippen LogP contribution in [0.3, 0.4) is 0 Å². The van der Waals surface area contributed by atoms with E-state index in [2.05, 4.69) is 37.5 Å². The molecule has 2 N–H and O–H groups in total. The van der Waals surface area contributed by atoms with Gasteiger partial charge in [0.25, 0.3) is 0 Å². The smallest absolute Gasteiger partial charge is 0.323 e. The minimum Gasteiger partial charge on any atom is -0.354 e. The third-order valence-electron chi connectivity index (χ3n) is 5.15. The molecule has 0 radical (unpaired) electrons. The number of amides is 2. The van der Waals surface area contributed by atoms with Crippen LogP contribution in [0.25, 0.3) is 22.0 Å². The molecule has 0 spiro atoms. The van der Waals surface area contributed by atoms with E-state index in [0.717, 1.165) is 36.1 Å². The zero-order chi connectivity index (χ0) is 18.9. The number of nitrogens with one attached hydrogen (secondary N) is 2. The van der Waals surface area contributed by atoms with Gasteiger partial charge in [-0.15, -0.1) is 0 Å². The molecule has 8 heteroatoms. The summed E-state index contributed by atoms with van der Waals surface area (Å²) in [6.45, 7) is 3.86. The minimum absolute atomic E-state index is 0.141. The number of para-hydroxylation sites is 1. The number of fused-ring (bicyclic) bond motifs is 2. The summed E-state index contributed by atoms with van der Waals surface area (Å²) in [6, 6.07) is 13.6. The fraction of sp³-hybridized carbons (Fsp3) is 0.250. The Morgan fingerprint density at radius 2 is 2.00 bits per heavy atom. The molecule has 4 aromatic rings. The number of anilines is 1. The first-order valence-electron chi connectivity index (χ1n) is 9.31. The van der Waals surface area contributed by atoms with Crippen LogP contribution in [0, 0.1) is 0 Å². The Bertz CT molecular complexity index is 1130. The summed E-state index contributed by atoms with van der Waals surface area (Å²) in [4.78, 5) is 24.2. The molecule has 0 atom stereocenters. The molecule has 142 valence electrons. The van der Waals surface area contributed by atoms with Crippen molar-refractivity contribution in [3.63, 3.8) is 0 Å². The number of hydrogen-bond donors (Lipinski definition) is 2. The molecule has 1 saturated heterocycles. The van der Waals surface area contributed by atoms with E-state index < -0.39 is 0 Å². The van der Waals surface area contributed by atoms with Gasteiger partial charge >= 0.3 is 6.03 Å². The first kappa shape index (κ1) is 16.8. The van der Waals surface area contributed by atoms with Crippen molar-refractivity contribution in [1.82, 2.24) is 24.9 Å². The molecule has 0 bridgehead atoms. The molecule has 0 unspecified atom stereocenters. The first-order valence-corrected chi connectivity index (χ1v) is 9.31. The van der Waals surface area contributed by atoms with E-state index in [1.807, 2.05) is 35.2 Å². The maximum atomic E-state index is 12.6. The molecule has 1 aliphatic heterocycles. The predicted octanol–water partition coefficient (Wildman–Crippen LogP) is 3.05. The number of urea groups is 1. The van der Waals surface area contributed by atoms with Crippen molar-refractivity contribution in [2.75, 3.05) is 31.5 Å². The molecular formula is C20H20N6O2. The lowest BCUT2D eigenvalue weighted by Gasteiger charge is -2.34. The quantitative estimate of drug-likeness (QED) is 0.574. The molecule has 5 rings (SSSR count). The number of aromatic nitrogens is 3. The van der Waals surface area contributed by atoms with Gasteiger partial charge in [0.05, 0.1) is 22.7 Å². The Hall–Kier alpha value is -3.39. The summed E-state index contributed by atoms with van der Waals surface area (Å²) in [5.74, 6) is 0.468. The highest BCUT2D eigenvalue weighted by Gasteiger charge is 2.22. The summed E-state index contributed by atoms with van der Waals surface area (Å²) in [6.07, 6.45) is 1.71. The van der Waals surface area contributed by atoms with Gasteiger partial charge in [-0.3, -0.25) is 10.2 Å². The van der Waals surface area contributed by atoms with Crippen molar-refractivity contribution < 1.29 is 9.32 Å². The lowest BCUT2D eigenvalue weighted by atomic mass is 10.1. The van der Waals surface area contributed by atoms with E-state index in [4.69, 9.17) is 4.52 Å². The normalized spacial score (nSPS) is 15.4. The van der Waals surface area contributed by atoms with Gasteiger partial charge in [-0.25, -0.2) is 9.78 Å². The predicted molar refractivity (Wildman–Crippen MR) is 106 cm³/mol. The highest BCUT2D eigenvalue weighted by molar-refractivity contribution is 5.98. The number of piperazine rings is 1. The van der Waals surface area contributed by atoms with Crippen molar-refractivity contribution in [1.29, 1.82) is 0 Å². The van der Waals surface area contributed by atoms with E-state index in [1.165, 1.54) is 5.56 Å². The van der Waals surface area contributed by atoms with Crippen LogP contribution in [0.15, 0.2) is 53.3 Å². The molecule has 3 heterocycles. The molecule has 1 fully saturated rings. The van der Waals surface area contributed by atoms with Crippen LogP contribution in [-0.4, -0.2) is 57.1 Å². The average molecular weight is 376 g/mol. The van der Waals surface area contributed by atoms with Gasteiger partial charge in [0, 0.05) is 32.7 Å². The van der Waals surface area contributed by atoms with E-state index >= 15 is 0 Å². The van der Waals surface area contributed by atoms with Gasteiger partial charge in [0.15, 0.2) is 11.4 Å². The van der Waals surface area contributed by atoms with Gasteiger partial charge in [-0.2, -0.15) is 0 Å². The van der Waals surface area contributed by atoms with Crippen LogP contribution in [-0.2, 0) is 6.54 Å². The van der Waals surface area contributed by atoms with Crippen LogP contribution in [0.2, 0.25) is 0 Å². The SMILES string of the molecule is O=C(Nc1noc2ccccc12)N1CCN(Cc2ccc3nc[nH]c3c2)CC1. The average Bonchev–Trinajstić information content (AvgIpc) is 3.35. The van der Waals surface area contributed by atoms with Crippen LogP contribution >= 0.6 is 0 Å². The molecule has 28 heavy (non-hydrogen) atoms. The summed E-state index contributed by atoms with van der Waals surface area (Å²) >= 11 is 0. The number of hydrogen-bond acceptors (Lipinski definition) is 5. The second-order valence-corrected chi connectivity index (χ2v) is 6.97. The third-order valence-corrected chi connectivity index (χ3v) is 5.15. The van der Waals surface area contributed by atoms with Crippen LogP contribution in [0.1, 0.15) is 5.56 Å². The van der Waals surface area contributed by atoms with Crippen LogP contribution < -0.4 is 5.32 Å². The molecule has 0 aliphatic carbocycles. The molecule has 0 saturated carbocycles. The van der Waals surface area contributed by atoms with Crippen molar-refractivity contribution in [3.05, 3.63) is 54.4 Å². The topological polar surface area (TPSA) is 90.3 Å². The number of benzene rings is 2. The highest BCUT2D eigenvalue weighted by Crippen LogP contribution is 2.22. The van der Waals surface area contributed by atoms with Crippen molar-refractivity contribution >= 4 is 33.9 Å². The zero-order valence-corrected chi connectivity index (χ0v) is 15.3. The fourth-order valence-corrected chi connectivity index (χ4v) is 3.60. The summed E-state index contributed by atoms with van der Waals surface area (Å²) in [5, 5.41) is 7.65. The maximum absolute atomic E-state index is 12.6. The third kappa shape index (κ3) is 3.18. The molecule has 1 aliphatic rings. The fourth-order valence-electron chi connectivity index (χ4n) is 3.60. The number of nitrogens with zero attached hydrogens (tertiary/aromatic N) is 4. The maximum Gasteiger partial charge on any atom is 0.323 e. The number of aromatic amines is 1. The number of rotatable bonds is 3. The highest BCUT2D eigenvalue weighted by atomic mass is 16.5. The number of carbonyl (C=O) groups excluding carboxylic acids is 1. The Kier molecular flexibility index (Phi) is 4.17. The number of imidazole rings is 1. The summed E-state index contributed by atoms with van der Waals surface area (Å²) in [7, 11) is 0. The Morgan fingerprint density at radius 1 is 1.14 bits per heavy atom. The largest absolute Gasteiger partial charge is 0.354 e. The van der Waals surface area contributed by atoms with Gasteiger partial charge < -0.3 is 14.4 Å². The monoisotopic (exact) mass is 376 g/mol. The summed E-state index contributed by atoms with van der Waals surface area (Å²) < 4.78 is 5.25. The van der Waals surface area contributed by atoms with Gasteiger partial charge in [-0.05, 0) is 29.8 Å². The lowest BCUT2D eigenvalue weighted by molar-refractivity contribution is 0.143. The summed E-state index contributed by atoms with van der Waals surface area (Å²) in [5.41, 5.74) is 3.93. The second-order valence-electron chi connectivity index (χ2n) is 6.97. The van der Waals surface area contributed by atoms with Gasteiger partial charge in [0.1, 0.15) is 0 Å². The molecule has 2 aromatic heterocycles. The van der Waals surface area contributed by atoms with E-state index in [1.54, 1.807) is 6.33 Å². The molecular weight excluding hydrogens is 356 g/mol. The van der Waals surface area contributed by atoms with Crippen molar-refractivity contribution in [2.24, 2.45) is 0 Å². The van der Waals surface area contributed by atoms with Crippen LogP contribution in [0.4, 0.5) is 10.6 Å². The first-order chi connectivity index (χ1) is 13.8. The molecule has 2 aromatic carbocycles. The molecule has 8 nitrogen and oxygen atoms in total. The van der Waals surface area contributed by atoms with E-state index in [-0.39, 0.29) is 6.03 Å². The number of H-pyrrole nitrogens is 1. The van der Waals surface area contributed by atoms with Gasteiger partial charge in [0.2, 0.25) is 0 Å². The Balaban J connectivity index is 1.19. The molecule has 2 amide bonds. The zero-order valence-electron chi connectivity index (χ0n) is 15.3. The van der Waals surface area contributed by atoms with E-state index in [9.17, 15) is 4.79 Å². The van der Waals surface area contributed by atoms with E-state index in [0.29, 0.717) is 24.5 Å².